The first kappa shape index (κ1) is 9.52. The molecule has 1 atom stereocenters. The molecule has 0 saturated carbocycles. The molecule has 1 aliphatic heterocycles. The van der Waals surface area contributed by atoms with Crippen LogP contribution >= 0.6 is 11.3 Å². The largest absolute Gasteiger partial charge is 0.351 e. The third-order valence-electron chi connectivity index (χ3n) is 2.66. The van der Waals surface area contributed by atoms with Gasteiger partial charge in [0.25, 0.3) is 0 Å². The Hall–Kier alpha value is -1.03. The van der Waals surface area contributed by atoms with Crippen LogP contribution in [0.5, 0.6) is 0 Å². The van der Waals surface area contributed by atoms with E-state index in [4.69, 9.17) is 5.73 Å². The topological polar surface area (TPSA) is 46.3 Å². The van der Waals surface area contributed by atoms with Crippen LogP contribution in [0.2, 0.25) is 0 Å². The van der Waals surface area contributed by atoms with Crippen molar-refractivity contribution in [3.8, 4) is 0 Å². The number of rotatable bonds is 1. The first-order valence-electron chi connectivity index (χ1n) is 4.88. The second-order valence-electron chi connectivity index (χ2n) is 3.56. The molecule has 0 spiro atoms. The van der Waals surface area contributed by atoms with Gasteiger partial charge in [-0.15, -0.1) is 11.3 Å². The van der Waals surface area contributed by atoms with Gasteiger partial charge in [-0.1, -0.05) is 6.07 Å². The highest BCUT2D eigenvalue weighted by Gasteiger charge is 2.26. The van der Waals surface area contributed by atoms with Crippen LogP contribution in [0.4, 0.5) is 4.79 Å². The molecule has 4 heteroatoms. The number of thiophene rings is 1. The predicted octanol–water partition coefficient (Wildman–Crippen LogP) is 2.35. The van der Waals surface area contributed by atoms with Gasteiger partial charge in [0.1, 0.15) is 0 Å². The summed E-state index contributed by atoms with van der Waals surface area (Å²) in [5, 5.41) is 2.04. The maximum absolute atomic E-state index is 11.2. The zero-order valence-electron chi connectivity index (χ0n) is 7.98. The van der Waals surface area contributed by atoms with Crippen molar-refractivity contribution in [1.82, 2.24) is 4.90 Å². The number of carbonyl (C=O) groups is 1. The fourth-order valence-corrected chi connectivity index (χ4v) is 2.85. The molecule has 1 fully saturated rings. The van der Waals surface area contributed by atoms with Gasteiger partial charge in [0.2, 0.25) is 0 Å². The highest BCUT2D eigenvalue weighted by atomic mass is 32.1. The minimum absolute atomic E-state index is 0.223. The van der Waals surface area contributed by atoms with Crippen molar-refractivity contribution in [1.29, 1.82) is 0 Å². The Labute approximate surface area is 87.5 Å². The Kier molecular flexibility index (Phi) is 2.72. The monoisotopic (exact) mass is 210 g/mol. The fourth-order valence-electron chi connectivity index (χ4n) is 1.97. The summed E-state index contributed by atoms with van der Waals surface area (Å²) in [7, 11) is 0. The Morgan fingerprint density at radius 2 is 2.43 bits per heavy atom. The van der Waals surface area contributed by atoms with Crippen molar-refractivity contribution in [3.05, 3.63) is 22.4 Å². The third-order valence-corrected chi connectivity index (χ3v) is 3.63. The van der Waals surface area contributed by atoms with Crippen LogP contribution in [-0.4, -0.2) is 17.5 Å². The molecular formula is C10H14N2OS. The van der Waals surface area contributed by atoms with E-state index in [1.54, 1.807) is 16.2 Å². The van der Waals surface area contributed by atoms with Crippen molar-refractivity contribution < 1.29 is 4.79 Å². The van der Waals surface area contributed by atoms with E-state index in [0.29, 0.717) is 0 Å². The summed E-state index contributed by atoms with van der Waals surface area (Å²) in [6, 6.07) is 4.04. The molecule has 0 radical (unpaired) electrons. The van der Waals surface area contributed by atoms with Crippen molar-refractivity contribution in [3.63, 3.8) is 0 Å². The first-order valence-corrected chi connectivity index (χ1v) is 5.76. The molecule has 76 valence electrons. The molecule has 1 saturated heterocycles. The van der Waals surface area contributed by atoms with E-state index in [0.717, 1.165) is 19.4 Å². The van der Waals surface area contributed by atoms with Gasteiger partial charge in [0.05, 0.1) is 6.04 Å². The second kappa shape index (κ2) is 4.00. The summed E-state index contributed by atoms with van der Waals surface area (Å²) in [5.74, 6) is 0. The molecule has 1 aromatic rings. The molecule has 0 aliphatic carbocycles. The number of hydrogen-bond donors (Lipinski definition) is 1. The normalized spacial score (nSPS) is 22.3. The number of nitrogens with zero attached hydrogens (tertiary/aromatic N) is 1. The van der Waals surface area contributed by atoms with Gasteiger partial charge in [-0.2, -0.15) is 0 Å². The Morgan fingerprint density at radius 1 is 1.57 bits per heavy atom. The van der Waals surface area contributed by atoms with Gasteiger partial charge < -0.3 is 10.6 Å². The van der Waals surface area contributed by atoms with Crippen molar-refractivity contribution in [2.24, 2.45) is 5.73 Å². The molecule has 1 aliphatic rings. The van der Waals surface area contributed by atoms with E-state index >= 15 is 0 Å². The average molecular weight is 210 g/mol. The average Bonchev–Trinajstić information content (AvgIpc) is 2.70. The first-order chi connectivity index (χ1) is 6.79. The zero-order valence-corrected chi connectivity index (χ0v) is 8.80. The number of amides is 2. The summed E-state index contributed by atoms with van der Waals surface area (Å²) in [6.07, 6.45) is 3.31. The Morgan fingerprint density at radius 3 is 3.07 bits per heavy atom. The quantitative estimate of drug-likeness (QED) is 0.760. The molecular weight excluding hydrogens is 196 g/mol. The molecule has 2 amide bonds. The lowest BCUT2D eigenvalue weighted by molar-refractivity contribution is 0.161. The molecule has 2 N–H and O–H groups in total. The number of likely N-dealkylation sites (tertiary alicyclic amines) is 1. The van der Waals surface area contributed by atoms with Crippen LogP contribution in [0.15, 0.2) is 17.5 Å². The van der Waals surface area contributed by atoms with E-state index in [9.17, 15) is 4.79 Å². The molecule has 1 aromatic heterocycles. The Balaban J connectivity index is 2.18. The van der Waals surface area contributed by atoms with Crippen LogP contribution < -0.4 is 5.73 Å². The van der Waals surface area contributed by atoms with Crippen molar-refractivity contribution >= 4 is 17.4 Å². The summed E-state index contributed by atoms with van der Waals surface area (Å²) < 4.78 is 0. The van der Waals surface area contributed by atoms with Crippen molar-refractivity contribution in [2.45, 2.75) is 25.3 Å². The van der Waals surface area contributed by atoms with E-state index in [2.05, 4.69) is 6.07 Å². The lowest BCUT2D eigenvalue weighted by atomic mass is 10.0. The van der Waals surface area contributed by atoms with Gasteiger partial charge in [-0.25, -0.2) is 4.79 Å². The summed E-state index contributed by atoms with van der Waals surface area (Å²) in [5.41, 5.74) is 5.36. The van der Waals surface area contributed by atoms with Crippen LogP contribution in [0.3, 0.4) is 0 Å². The van der Waals surface area contributed by atoms with E-state index in [1.807, 2.05) is 11.4 Å². The lowest BCUT2D eigenvalue weighted by Gasteiger charge is -2.33. The number of carbonyl (C=O) groups excluding carboxylic acids is 1. The smallest absolute Gasteiger partial charge is 0.315 e. The number of urea groups is 1. The summed E-state index contributed by atoms with van der Waals surface area (Å²) in [4.78, 5) is 14.3. The maximum Gasteiger partial charge on any atom is 0.315 e. The van der Waals surface area contributed by atoms with Crippen molar-refractivity contribution in [2.75, 3.05) is 6.54 Å². The Bertz CT molecular complexity index is 310. The molecule has 3 nitrogen and oxygen atoms in total. The van der Waals surface area contributed by atoms with Gasteiger partial charge >= 0.3 is 6.03 Å². The minimum Gasteiger partial charge on any atom is -0.351 e. The lowest BCUT2D eigenvalue weighted by Crippen LogP contribution is -2.41. The molecule has 14 heavy (non-hydrogen) atoms. The zero-order chi connectivity index (χ0) is 9.97. The second-order valence-corrected chi connectivity index (χ2v) is 4.54. The highest BCUT2D eigenvalue weighted by Crippen LogP contribution is 2.32. The predicted molar refractivity (Wildman–Crippen MR) is 57.2 cm³/mol. The molecule has 2 rings (SSSR count). The maximum atomic E-state index is 11.2. The third kappa shape index (κ3) is 1.75. The van der Waals surface area contributed by atoms with Crippen LogP contribution in [0, 0.1) is 0 Å². The minimum atomic E-state index is -0.289. The van der Waals surface area contributed by atoms with Gasteiger partial charge in [0.15, 0.2) is 0 Å². The number of piperidine rings is 1. The van der Waals surface area contributed by atoms with Gasteiger partial charge in [0, 0.05) is 11.4 Å². The van der Waals surface area contributed by atoms with Gasteiger partial charge in [-0.05, 0) is 30.7 Å². The van der Waals surface area contributed by atoms with E-state index in [-0.39, 0.29) is 12.1 Å². The standard InChI is InChI=1S/C10H14N2OS/c11-10(13)12-6-2-1-4-8(12)9-5-3-7-14-9/h3,5,7-8H,1-2,4,6H2,(H2,11,13). The summed E-state index contributed by atoms with van der Waals surface area (Å²) >= 11 is 1.70. The number of hydrogen-bond acceptors (Lipinski definition) is 2. The highest BCUT2D eigenvalue weighted by molar-refractivity contribution is 7.10. The molecule has 2 heterocycles. The van der Waals surface area contributed by atoms with Crippen LogP contribution in [-0.2, 0) is 0 Å². The SMILES string of the molecule is NC(=O)N1CCCCC1c1cccs1. The summed E-state index contributed by atoms with van der Waals surface area (Å²) in [6.45, 7) is 0.803. The molecule has 0 bridgehead atoms. The number of nitrogens with two attached hydrogens (primary N) is 1. The van der Waals surface area contributed by atoms with Crippen LogP contribution in [0.1, 0.15) is 30.2 Å². The fraction of sp³-hybridized carbons (Fsp3) is 0.500. The van der Waals surface area contributed by atoms with E-state index in [1.165, 1.54) is 11.3 Å². The van der Waals surface area contributed by atoms with E-state index < -0.39 is 0 Å². The number of primary amides is 1. The van der Waals surface area contributed by atoms with Gasteiger partial charge in [-0.3, -0.25) is 0 Å². The molecule has 0 aromatic carbocycles. The van der Waals surface area contributed by atoms with Crippen LogP contribution in [0.25, 0.3) is 0 Å². The molecule has 1 unspecified atom stereocenters.